The molecule has 20 heavy (non-hydrogen) atoms. The molecular weight excluding hydrogens is 276 g/mol. The van der Waals surface area contributed by atoms with Gasteiger partial charge in [0.25, 0.3) is 10.1 Å². The monoisotopic (exact) mass is 298 g/mol. The Bertz CT molecular complexity index is 545. The molecule has 1 aromatic rings. The number of aryl methyl sites for hydroxylation is 1. The third kappa shape index (κ3) is 3.81. The van der Waals surface area contributed by atoms with Gasteiger partial charge in [-0.3, -0.25) is 4.18 Å². The van der Waals surface area contributed by atoms with E-state index in [0.717, 1.165) is 32.1 Å². The molecule has 4 nitrogen and oxygen atoms in total. The Morgan fingerprint density at radius 1 is 1.20 bits per heavy atom. The summed E-state index contributed by atoms with van der Waals surface area (Å²) in [7, 11) is -3.73. The maximum absolute atomic E-state index is 12.1. The van der Waals surface area contributed by atoms with Crippen LogP contribution in [0.3, 0.4) is 0 Å². The van der Waals surface area contributed by atoms with Crippen molar-refractivity contribution in [1.29, 1.82) is 0 Å². The molecule has 0 aromatic heterocycles. The fraction of sp³-hybridized carbons (Fsp3) is 0.600. The third-order valence-corrected chi connectivity index (χ3v) is 5.43. The Morgan fingerprint density at radius 2 is 1.85 bits per heavy atom. The molecule has 112 valence electrons. The van der Waals surface area contributed by atoms with E-state index in [1.807, 2.05) is 0 Å². The van der Waals surface area contributed by atoms with Crippen molar-refractivity contribution < 1.29 is 17.7 Å². The zero-order chi connectivity index (χ0) is 14.6. The lowest BCUT2D eigenvalue weighted by Crippen LogP contribution is -2.33. The molecule has 0 aliphatic heterocycles. The SMILES string of the molecule is Cc1ccccc1S(=O)(=O)OCCC1(O)CCCCC1. The molecule has 0 atom stereocenters. The predicted octanol–water partition coefficient (Wildman–Crippen LogP) is 2.79. The van der Waals surface area contributed by atoms with Gasteiger partial charge < -0.3 is 5.11 Å². The van der Waals surface area contributed by atoms with Gasteiger partial charge in [-0.2, -0.15) is 8.42 Å². The van der Waals surface area contributed by atoms with Crippen LogP contribution in [-0.4, -0.2) is 25.7 Å². The van der Waals surface area contributed by atoms with Crippen LogP contribution in [0.4, 0.5) is 0 Å². The highest BCUT2D eigenvalue weighted by Gasteiger charge is 2.29. The molecule has 0 radical (unpaired) electrons. The standard InChI is InChI=1S/C15H22O4S/c1-13-7-3-4-8-14(13)20(17,18)19-12-11-15(16)9-5-2-6-10-15/h3-4,7-8,16H,2,5-6,9-12H2,1H3. The lowest BCUT2D eigenvalue weighted by atomic mass is 9.83. The van der Waals surface area contributed by atoms with Crippen molar-refractivity contribution in [3.8, 4) is 0 Å². The van der Waals surface area contributed by atoms with Gasteiger partial charge in [0.1, 0.15) is 0 Å². The molecule has 5 heteroatoms. The second kappa shape index (κ2) is 6.24. The summed E-state index contributed by atoms with van der Waals surface area (Å²) in [6.45, 7) is 1.78. The van der Waals surface area contributed by atoms with Crippen LogP contribution >= 0.6 is 0 Å². The molecule has 0 amide bonds. The highest BCUT2D eigenvalue weighted by Crippen LogP contribution is 2.31. The molecule has 1 saturated carbocycles. The molecule has 1 aromatic carbocycles. The van der Waals surface area contributed by atoms with Crippen LogP contribution in [0.2, 0.25) is 0 Å². The van der Waals surface area contributed by atoms with Gasteiger partial charge in [-0.15, -0.1) is 0 Å². The van der Waals surface area contributed by atoms with Gasteiger partial charge in [0, 0.05) is 6.42 Å². The van der Waals surface area contributed by atoms with E-state index in [4.69, 9.17) is 4.18 Å². The Balaban J connectivity index is 1.95. The molecule has 0 bridgehead atoms. The maximum Gasteiger partial charge on any atom is 0.297 e. The first-order valence-electron chi connectivity index (χ1n) is 7.10. The van der Waals surface area contributed by atoms with Crippen molar-refractivity contribution in [2.75, 3.05) is 6.61 Å². The highest BCUT2D eigenvalue weighted by molar-refractivity contribution is 7.86. The summed E-state index contributed by atoms with van der Waals surface area (Å²) in [5.41, 5.74) is -0.0802. The first kappa shape index (κ1) is 15.5. The summed E-state index contributed by atoms with van der Waals surface area (Å²) in [5, 5.41) is 10.3. The molecule has 1 aliphatic carbocycles. The molecular formula is C15H22O4S. The van der Waals surface area contributed by atoms with E-state index in [0.29, 0.717) is 12.0 Å². The summed E-state index contributed by atoms with van der Waals surface area (Å²) in [4.78, 5) is 0.204. The molecule has 1 aliphatic rings. The number of rotatable bonds is 5. The highest BCUT2D eigenvalue weighted by atomic mass is 32.2. The average Bonchev–Trinajstić information content (AvgIpc) is 2.39. The van der Waals surface area contributed by atoms with E-state index < -0.39 is 15.7 Å². The molecule has 0 spiro atoms. The third-order valence-electron chi connectivity index (χ3n) is 3.95. The van der Waals surface area contributed by atoms with E-state index >= 15 is 0 Å². The van der Waals surface area contributed by atoms with E-state index in [2.05, 4.69) is 0 Å². The molecule has 0 saturated heterocycles. The van der Waals surface area contributed by atoms with Gasteiger partial charge in [-0.25, -0.2) is 0 Å². The van der Waals surface area contributed by atoms with Gasteiger partial charge in [0.15, 0.2) is 0 Å². The summed E-state index contributed by atoms with van der Waals surface area (Å²) < 4.78 is 29.3. The summed E-state index contributed by atoms with van der Waals surface area (Å²) in [6.07, 6.45) is 4.99. The van der Waals surface area contributed by atoms with E-state index in [1.165, 1.54) is 0 Å². The van der Waals surface area contributed by atoms with Crippen molar-refractivity contribution in [2.45, 2.75) is 55.9 Å². The minimum atomic E-state index is -3.73. The largest absolute Gasteiger partial charge is 0.390 e. The lowest BCUT2D eigenvalue weighted by Gasteiger charge is -2.31. The Kier molecular flexibility index (Phi) is 4.83. The van der Waals surface area contributed by atoms with Crippen molar-refractivity contribution in [1.82, 2.24) is 0 Å². The zero-order valence-corrected chi connectivity index (χ0v) is 12.7. The van der Waals surface area contributed by atoms with Crippen LogP contribution in [0, 0.1) is 6.92 Å². The van der Waals surface area contributed by atoms with Crippen LogP contribution < -0.4 is 0 Å². The first-order valence-corrected chi connectivity index (χ1v) is 8.51. The zero-order valence-electron chi connectivity index (χ0n) is 11.8. The minimum absolute atomic E-state index is 0.0349. The lowest BCUT2D eigenvalue weighted by molar-refractivity contribution is -0.0129. The average molecular weight is 298 g/mol. The van der Waals surface area contributed by atoms with Crippen molar-refractivity contribution >= 4 is 10.1 Å². The second-order valence-electron chi connectivity index (χ2n) is 5.58. The van der Waals surface area contributed by atoms with Crippen LogP contribution in [0.1, 0.15) is 44.1 Å². The number of hydrogen-bond acceptors (Lipinski definition) is 4. The van der Waals surface area contributed by atoms with Gasteiger partial charge in [0.2, 0.25) is 0 Å². The van der Waals surface area contributed by atoms with E-state index in [-0.39, 0.29) is 11.5 Å². The number of aliphatic hydroxyl groups is 1. The smallest absolute Gasteiger partial charge is 0.297 e. The van der Waals surface area contributed by atoms with Crippen LogP contribution in [0.15, 0.2) is 29.2 Å². The van der Waals surface area contributed by atoms with Gasteiger partial charge >= 0.3 is 0 Å². The molecule has 1 fully saturated rings. The summed E-state index contributed by atoms with van der Waals surface area (Å²) in [6, 6.07) is 6.75. The molecule has 0 heterocycles. The first-order chi connectivity index (χ1) is 9.43. The van der Waals surface area contributed by atoms with Crippen LogP contribution in [-0.2, 0) is 14.3 Å². The van der Waals surface area contributed by atoms with Gasteiger partial charge in [-0.05, 0) is 31.4 Å². The topological polar surface area (TPSA) is 63.6 Å². The van der Waals surface area contributed by atoms with Crippen LogP contribution in [0.25, 0.3) is 0 Å². The maximum atomic E-state index is 12.1. The Labute approximate surface area is 120 Å². The second-order valence-corrected chi connectivity index (χ2v) is 7.16. The molecule has 2 rings (SSSR count). The summed E-state index contributed by atoms with van der Waals surface area (Å²) >= 11 is 0. The fourth-order valence-corrected chi connectivity index (χ4v) is 3.84. The van der Waals surface area contributed by atoms with Crippen LogP contribution in [0.5, 0.6) is 0 Å². The normalized spacial score (nSPS) is 18.9. The van der Waals surface area contributed by atoms with Crippen molar-refractivity contribution in [3.05, 3.63) is 29.8 Å². The van der Waals surface area contributed by atoms with Gasteiger partial charge in [-0.1, -0.05) is 37.5 Å². The molecule has 1 N–H and O–H groups in total. The minimum Gasteiger partial charge on any atom is -0.390 e. The fourth-order valence-electron chi connectivity index (χ4n) is 2.70. The predicted molar refractivity (Wildman–Crippen MR) is 77.0 cm³/mol. The van der Waals surface area contributed by atoms with Gasteiger partial charge in [0.05, 0.1) is 17.1 Å². The van der Waals surface area contributed by atoms with Crippen molar-refractivity contribution in [3.63, 3.8) is 0 Å². The van der Waals surface area contributed by atoms with E-state index in [1.54, 1.807) is 31.2 Å². The molecule has 0 unspecified atom stereocenters. The Hall–Kier alpha value is -0.910. The Morgan fingerprint density at radius 3 is 2.50 bits per heavy atom. The number of benzene rings is 1. The summed E-state index contributed by atoms with van der Waals surface area (Å²) in [5.74, 6) is 0. The van der Waals surface area contributed by atoms with Crippen molar-refractivity contribution in [2.24, 2.45) is 0 Å². The quantitative estimate of drug-likeness (QED) is 0.849. The number of hydrogen-bond donors (Lipinski definition) is 1. The van der Waals surface area contributed by atoms with E-state index in [9.17, 15) is 13.5 Å².